The molecule has 2 aliphatic rings. The van der Waals surface area contributed by atoms with E-state index in [2.05, 4.69) is 158 Å². The lowest BCUT2D eigenvalue weighted by Crippen LogP contribution is -2.28. The van der Waals surface area contributed by atoms with E-state index in [1.807, 2.05) is 11.8 Å². The Morgan fingerprint density at radius 3 is 1.64 bits per heavy atom. The first kappa shape index (κ1) is 23.8. The van der Waals surface area contributed by atoms with Crippen molar-refractivity contribution in [2.45, 2.75) is 15.2 Å². The van der Waals surface area contributed by atoms with Crippen LogP contribution in [0.4, 0.5) is 0 Å². The summed E-state index contributed by atoms with van der Waals surface area (Å²) < 4.78 is 0. The highest BCUT2D eigenvalue weighted by molar-refractivity contribution is 7.99. The molecule has 0 amide bonds. The van der Waals surface area contributed by atoms with Crippen LogP contribution in [-0.2, 0) is 5.41 Å². The Labute approximate surface area is 250 Å². The Kier molecular flexibility index (Phi) is 5.15. The number of hydrogen-bond donors (Lipinski definition) is 0. The molecule has 0 nitrogen and oxygen atoms in total. The molecule has 42 heavy (non-hydrogen) atoms. The van der Waals surface area contributed by atoms with Gasteiger partial charge in [0.05, 0.1) is 5.41 Å². The number of benzene rings is 7. The van der Waals surface area contributed by atoms with Gasteiger partial charge >= 0.3 is 0 Å². The standard InChI is InChI=1S/C41H26S/c1-3-15-28(16-4-1)41(29-17-5-2-6-18-29)34-23-8-7-19-32(34)39-30(20-11-24-35(39)41)31-21-12-26-37-40(31)33-22-9-13-27-14-10-25-36(42-37)38(27)33/h1-26H. The van der Waals surface area contributed by atoms with Crippen LogP contribution >= 0.6 is 11.8 Å². The van der Waals surface area contributed by atoms with Gasteiger partial charge in [0.15, 0.2) is 0 Å². The van der Waals surface area contributed by atoms with E-state index < -0.39 is 5.41 Å². The number of hydrogen-bond acceptors (Lipinski definition) is 1. The Morgan fingerprint density at radius 2 is 0.881 bits per heavy atom. The fourth-order valence-corrected chi connectivity index (χ4v) is 8.74. The fourth-order valence-electron chi connectivity index (χ4n) is 7.55. The highest BCUT2D eigenvalue weighted by Gasteiger charge is 2.46. The first-order chi connectivity index (χ1) is 20.9. The van der Waals surface area contributed by atoms with E-state index in [4.69, 9.17) is 0 Å². The van der Waals surface area contributed by atoms with Crippen molar-refractivity contribution in [3.05, 3.63) is 180 Å². The van der Waals surface area contributed by atoms with Crippen LogP contribution in [-0.4, -0.2) is 0 Å². The zero-order chi connectivity index (χ0) is 27.7. The van der Waals surface area contributed by atoms with Crippen molar-refractivity contribution in [1.82, 2.24) is 0 Å². The van der Waals surface area contributed by atoms with Gasteiger partial charge in [-0.1, -0.05) is 157 Å². The lowest BCUT2D eigenvalue weighted by atomic mass is 9.67. The summed E-state index contributed by atoms with van der Waals surface area (Å²) in [6.07, 6.45) is 0. The summed E-state index contributed by atoms with van der Waals surface area (Å²) in [7, 11) is 0. The van der Waals surface area contributed by atoms with E-state index in [0.717, 1.165) is 0 Å². The van der Waals surface area contributed by atoms with E-state index in [-0.39, 0.29) is 0 Å². The second-order valence-electron chi connectivity index (χ2n) is 11.2. The molecule has 0 bridgehead atoms. The molecule has 0 fully saturated rings. The van der Waals surface area contributed by atoms with Crippen molar-refractivity contribution in [2.24, 2.45) is 0 Å². The first-order valence-electron chi connectivity index (χ1n) is 14.5. The Morgan fingerprint density at radius 1 is 0.357 bits per heavy atom. The maximum atomic E-state index is 2.36. The smallest absolute Gasteiger partial charge is 0.0713 e. The summed E-state index contributed by atoms with van der Waals surface area (Å²) in [5.74, 6) is 0. The van der Waals surface area contributed by atoms with Crippen LogP contribution in [0.5, 0.6) is 0 Å². The molecule has 1 aliphatic carbocycles. The van der Waals surface area contributed by atoms with Crippen LogP contribution in [0, 0.1) is 0 Å². The average Bonchev–Trinajstić information content (AvgIpc) is 3.37. The first-order valence-corrected chi connectivity index (χ1v) is 15.3. The van der Waals surface area contributed by atoms with Crippen LogP contribution < -0.4 is 0 Å². The second-order valence-corrected chi connectivity index (χ2v) is 12.3. The third-order valence-electron chi connectivity index (χ3n) is 9.15. The third-order valence-corrected chi connectivity index (χ3v) is 10.3. The third kappa shape index (κ3) is 3.15. The zero-order valence-electron chi connectivity index (χ0n) is 22.9. The van der Waals surface area contributed by atoms with Gasteiger partial charge < -0.3 is 0 Å². The van der Waals surface area contributed by atoms with Gasteiger partial charge in [0, 0.05) is 20.7 Å². The Balaban J connectivity index is 1.40. The van der Waals surface area contributed by atoms with Crippen LogP contribution in [0.25, 0.3) is 44.2 Å². The van der Waals surface area contributed by atoms with Crippen molar-refractivity contribution in [2.75, 3.05) is 0 Å². The molecule has 0 spiro atoms. The van der Waals surface area contributed by atoms with Crippen molar-refractivity contribution < 1.29 is 0 Å². The quantitative estimate of drug-likeness (QED) is 0.211. The van der Waals surface area contributed by atoms with E-state index in [0.29, 0.717) is 0 Å². The molecule has 0 radical (unpaired) electrons. The van der Waals surface area contributed by atoms with Gasteiger partial charge in [0.1, 0.15) is 0 Å². The molecule has 7 aromatic carbocycles. The fraction of sp³-hybridized carbons (Fsp3) is 0.0244. The maximum Gasteiger partial charge on any atom is 0.0713 e. The molecule has 0 saturated heterocycles. The van der Waals surface area contributed by atoms with Crippen molar-refractivity contribution in [3.8, 4) is 33.4 Å². The van der Waals surface area contributed by atoms with Crippen molar-refractivity contribution in [3.63, 3.8) is 0 Å². The summed E-state index contributed by atoms with van der Waals surface area (Å²) in [5, 5.41) is 2.66. The Bertz CT molecular complexity index is 2110. The average molecular weight is 551 g/mol. The lowest BCUT2D eigenvalue weighted by molar-refractivity contribution is 0.768. The largest absolute Gasteiger partial charge is 0.0888 e. The van der Waals surface area contributed by atoms with Crippen LogP contribution in [0.2, 0.25) is 0 Å². The van der Waals surface area contributed by atoms with Gasteiger partial charge in [-0.05, 0) is 67.6 Å². The van der Waals surface area contributed by atoms with Crippen LogP contribution in [0.1, 0.15) is 22.3 Å². The minimum atomic E-state index is -0.402. The van der Waals surface area contributed by atoms with E-state index in [9.17, 15) is 0 Å². The van der Waals surface area contributed by atoms with E-state index in [1.54, 1.807) is 0 Å². The summed E-state index contributed by atoms with van der Waals surface area (Å²) in [6, 6.07) is 58.4. The van der Waals surface area contributed by atoms with Crippen LogP contribution in [0.15, 0.2) is 168 Å². The van der Waals surface area contributed by atoms with Gasteiger partial charge in [-0.25, -0.2) is 0 Å². The SMILES string of the molecule is c1ccc(C2(c3ccccc3)c3ccccc3-c3c(-c4cccc5c4-c4cccc6cccc(c46)S5)cccc32)cc1. The van der Waals surface area contributed by atoms with Gasteiger partial charge in [-0.3, -0.25) is 0 Å². The van der Waals surface area contributed by atoms with Crippen molar-refractivity contribution >= 4 is 22.5 Å². The molecule has 1 aliphatic heterocycles. The molecule has 1 heterocycles. The highest BCUT2D eigenvalue weighted by atomic mass is 32.2. The Hall–Kier alpha value is -4.85. The number of rotatable bonds is 3. The minimum Gasteiger partial charge on any atom is -0.0888 e. The molecule has 0 unspecified atom stereocenters. The predicted octanol–water partition coefficient (Wildman–Crippen LogP) is 11.0. The maximum absolute atomic E-state index is 2.36. The molecule has 0 aromatic heterocycles. The molecule has 7 aromatic rings. The number of fused-ring (bicyclic) bond motifs is 5. The lowest BCUT2D eigenvalue weighted by Gasteiger charge is -2.34. The van der Waals surface area contributed by atoms with Gasteiger partial charge in [-0.15, -0.1) is 0 Å². The van der Waals surface area contributed by atoms with Gasteiger partial charge in [-0.2, -0.15) is 0 Å². The molecule has 1 heteroatoms. The second kappa shape index (κ2) is 9.08. The molecule has 9 rings (SSSR count). The highest BCUT2D eigenvalue weighted by Crippen LogP contribution is 2.59. The predicted molar refractivity (Wildman–Crippen MR) is 176 cm³/mol. The summed E-state index contributed by atoms with van der Waals surface area (Å²) in [4.78, 5) is 2.66. The molecule has 196 valence electrons. The molecular formula is C41H26S. The normalized spacial score (nSPS) is 13.8. The monoisotopic (exact) mass is 550 g/mol. The van der Waals surface area contributed by atoms with Gasteiger partial charge in [0.2, 0.25) is 0 Å². The summed E-state index contributed by atoms with van der Waals surface area (Å²) >= 11 is 1.90. The molecule has 0 N–H and O–H groups in total. The van der Waals surface area contributed by atoms with Crippen LogP contribution in [0.3, 0.4) is 0 Å². The van der Waals surface area contributed by atoms with E-state index >= 15 is 0 Å². The van der Waals surface area contributed by atoms with Gasteiger partial charge in [0.25, 0.3) is 0 Å². The topological polar surface area (TPSA) is 0 Å². The van der Waals surface area contributed by atoms with E-state index in [1.165, 1.54) is 76.2 Å². The van der Waals surface area contributed by atoms with Crippen molar-refractivity contribution in [1.29, 1.82) is 0 Å². The summed E-state index contributed by atoms with van der Waals surface area (Å²) in [5.41, 5.74) is 12.8. The molecule has 0 saturated carbocycles. The molecule has 0 atom stereocenters. The minimum absolute atomic E-state index is 0.402. The zero-order valence-corrected chi connectivity index (χ0v) is 23.7. The molecular weight excluding hydrogens is 525 g/mol. The summed E-state index contributed by atoms with van der Waals surface area (Å²) in [6.45, 7) is 0.